The highest BCUT2D eigenvalue weighted by molar-refractivity contribution is 5.94. The van der Waals surface area contributed by atoms with Crippen LogP contribution in [0.2, 0.25) is 0 Å². The van der Waals surface area contributed by atoms with Crippen LogP contribution >= 0.6 is 0 Å². The number of benzene rings is 2. The van der Waals surface area contributed by atoms with Crippen LogP contribution in [0.3, 0.4) is 0 Å². The Bertz CT molecular complexity index is 1240. The standard InChI is InChI=1S/C34H42F3NO4/c1-5-6-7-8-11-28(24-13-15-25(16-14-24)31(41)38-23-21-30(39)40)42-33(22-10-9-12-29(33)34(35,36)37)27-19-17-26(18-20-27)32(2,3)4/h9-10,12-20,22,28-29H,5-8,11,21,23H2,1-4H3,(H,38,41)(H,39,40). The zero-order chi connectivity index (χ0) is 31.0. The normalized spacial score (nSPS) is 19.5. The van der Waals surface area contributed by atoms with Crippen LogP contribution < -0.4 is 5.32 Å². The van der Waals surface area contributed by atoms with Crippen molar-refractivity contribution in [2.75, 3.05) is 6.54 Å². The van der Waals surface area contributed by atoms with Crippen LogP contribution in [-0.4, -0.2) is 29.7 Å². The van der Waals surface area contributed by atoms with Gasteiger partial charge in [0.2, 0.25) is 0 Å². The maximum absolute atomic E-state index is 14.6. The molecule has 0 bridgehead atoms. The van der Waals surface area contributed by atoms with E-state index in [2.05, 4.69) is 33.0 Å². The van der Waals surface area contributed by atoms with E-state index in [4.69, 9.17) is 9.84 Å². The van der Waals surface area contributed by atoms with Gasteiger partial charge in [-0.1, -0.05) is 108 Å². The van der Waals surface area contributed by atoms with E-state index in [1.165, 1.54) is 12.2 Å². The topological polar surface area (TPSA) is 75.6 Å². The van der Waals surface area contributed by atoms with Crippen LogP contribution in [0, 0.1) is 5.92 Å². The minimum Gasteiger partial charge on any atom is -0.481 e. The number of amides is 1. The van der Waals surface area contributed by atoms with E-state index in [9.17, 15) is 22.8 Å². The van der Waals surface area contributed by atoms with E-state index >= 15 is 0 Å². The summed E-state index contributed by atoms with van der Waals surface area (Å²) < 4.78 is 50.6. The van der Waals surface area contributed by atoms with Crippen molar-refractivity contribution in [3.05, 3.63) is 95.1 Å². The van der Waals surface area contributed by atoms with E-state index in [0.29, 0.717) is 23.1 Å². The minimum atomic E-state index is -4.56. The van der Waals surface area contributed by atoms with Gasteiger partial charge >= 0.3 is 12.1 Å². The number of unbranched alkanes of at least 4 members (excludes halogenated alkanes) is 3. The highest BCUT2D eigenvalue weighted by atomic mass is 19.4. The number of ether oxygens (including phenoxy) is 1. The van der Waals surface area contributed by atoms with E-state index < -0.39 is 35.7 Å². The van der Waals surface area contributed by atoms with Gasteiger partial charge in [0, 0.05) is 12.1 Å². The van der Waals surface area contributed by atoms with Gasteiger partial charge in [-0.15, -0.1) is 0 Å². The Morgan fingerprint density at radius 3 is 2.21 bits per heavy atom. The molecule has 0 heterocycles. The van der Waals surface area contributed by atoms with E-state index in [1.807, 2.05) is 12.1 Å². The van der Waals surface area contributed by atoms with Crippen molar-refractivity contribution in [3.8, 4) is 0 Å². The Hall–Kier alpha value is -3.39. The summed E-state index contributed by atoms with van der Waals surface area (Å²) in [6.07, 6.45) is 4.50. The number of hydrogen-bond acceptors (Lipinski definition) is 3. The molecule has 1 aliphatic carbocycles. The van der Waals surface area contributed by atoms with Crippen molar-refractivity contribution in [1.29, 1.82) is 0 Å². The molecule has 1 amide bonds. The number of halogens is 3. The molecule has 0 radical (unpaired) electrons. The van der Waals surface area contributed by atoms with Gasteiger partial charge in [-0.2, -0.15) is 13.2 Å². The number of carbonyl (C=O) groups is 2. The second kappa shape index (κ2) is 14.2. The highest BCUT2D eigenvalue weighted by Crippen LogP contribution is 2.50. The molecule has 0 saturated heterocycles. The molecular formula is C34H42F3NO4. The average Bonchev–Trinajstić information content (AvgIpc) is 2.94. The molecule has 0 fully saturated rings. The third-order valence-electron chi connectivity index (χ3n) is 7.60. The largest absolute Gasteiger partial charge is 0.481 e. The summed E-state index contributed by atoms with van der Waals surface area (Å²) >= 11 is 0. The molecule has 8 heteroatoms. The molecule has 3 unspecified atom stereocenters. The minimum absolute atomic E-state index is 0.00567. The van der Waals surface area contributed by atoms with Crippen LogP contribution in [-0.2, 0) is 20.5 Å². The molecule has 2 aromatic rings. The lowest BCUT2D eigenvalue weighted by Crippen LogP contribution is -2.45. The quantitative estimate of drug-likeness (QED) is 0.232. The summed E-state index contributed by atoms with van der Waals surface area (Å²) in [6, 6.07) is 13.8. The van der Waals surface area contributed by atoms with Crippen molar-refractivity contribution >= 4 is 11.9 Å². The van der Waals surface area contributed by atoms with Gasteiger partial charge in [-0.3, -0.25) is 9.59 Å². The van der Waals surface area contributed by atoms with Crippen LogP contribution in [0.5, 0.6) is 0 Å². The maximum Gasteiger partial charge on any atom is 0.398 e. The number of rotatable bonds is 13. The third kappa shape index (κ3) is 8.57. The zero-order valence-electron chi connectivity index (χ0n) is 24.8. The first-order chi connectivity index (χ1) is 19.8. The molecule has 1 aliphatic rings. The summed E-state index contributed by atoms with van der Waals surface area (Å²) in [5.41, 5.74) is 0.478. The highest BCUT2D eigenvalue weighted by Gasteiger charge is 2.54. The zero-order valence-corrected chi connectivity index (χ0v) is 24.8. The lowest BCUT2D eigenvalue weighted by atomic mass is 9.76. The molecule has 0 aromatic heterocycles. The van der Waals surface area contributed by atoms with Crippen LogP contribution in [0.25, 0.3) is 0 Å². The van der Waals surface area contributed by atoms with Crippen LogP contribution in [0.15, 0.2) is 72.8 Å². The molecule has 2 aromatic carbocycles. The molecule has 42 heavy (non-hydrogen) atoms. The van der Waals surface area contributed by atoms with E-state index in [-0.39, 0.29) is 18.4 Å². The molecule has 0 spiro atoms. The average molecular weight is 586 g/mol. The number of carboxylic acid groups (broad SMARTS) is 1. The summed E-state index contributed by atoms with van der Waals surface area (Å²) in [4.78, 5) is 23.2. The van der Waals surface area contributed by atoms with Gasteiger partial charge in [0.25, 0.3) is 5.91 Å². The van der Waals surface area contributed by atoms with Gasteiger partial charge in [0.05, 0.1) is 12.5 Å². The van der Waals surface area contributed by atoms with Gasteiger partial charge in [0.15, 0.2) is 0 Å². The predicted molar refractivity (Wildman–Crippen MR) is 158 cm³/mol. The Kier molecular flexibility index (Phi) is 11.2. The fourth-order valence-corrected chi connectivity index (χ4v) is 5.18. The van der Waals surface area contributed by atoms with Crippen molar-refractivity contribution in [1.82, 2.24) is 5.32 Å². The molecule has 5 nitrogen and oxygen atoms in total. The van der Waals surface area contributed by atoms with E-state index in [0.717, 1.165) is 37.3 Å². The number of carboxylic acids is 1. The lowest BCUT2D eigenvalue weighted by molar-refractivity contribution is -0.226. The Balaban J connectivity index is 2.01. The first-order valence-corrected chi connectivity index (χ1v) is 14.6. The molecule has 0 aliphatic heterocycles. The number of carbonyl (C=O) groups excluding carboxylic acids is 1. The Labute approximate surface area is 246 Å². The van der Waals surface area contributed by atoms with Crippen LogP contribution in [0.4, 0.5) is 13.2 Å². The van der Waals surface area contributed by atoms with Crippen molar-refractivity contribution < 1.29 is 32.6 Å². The third-order valence-corrected chi connectivity index (χ3v) is 7.60. The Morgan fingerprint density at radius 2 is 1.64 bits per heavy atom. The number of allylic oxidation sites excluding steroid dienone is 2. The SMILES string of the molecule is CCCCCCC(OC1(c2ccc(C(C)(C)C)cc2)C=CC=CC1C(F)(F)F)c1ccc(C(=O)NCCC(=O)O)cc1. The number of aliphatic carboxylic acids is 1. The Morgan fingerprint density at radius 1 is 0.976 bits per heavy atom. The first-order valence-electron chi connectivity index (χ1n) is 14.6. The number of nitrogens with one attached hydrogen (secondary N) is 1. The molecular weight excluding hydrogens is 543 g/mol. The van der Waals surface area contributed by atoms with Crippen molar-refractivity contribution in [2.45, 2.75) is 89.5 Å². The first kappa shape index (κ1) is 33.1. The number of hydrogen-bond donors (Lipinski definition) is 2. The predicted octanol–water partition coefficient (Wildman–Crippen LogP) is 8.42. The summed E-state index contributed by atoms with van der Waals surface area (Å²) in [7, 11) is 0. The second-order valence-corrected chi connectivity index (χ2v) is 11.9. The summed E-state index contributed by atoms with van der Waals surface area (Å²) in [6.45, 7) is 8.25. The molecule has 3 rings (SSSR count). The van der Waals surface area contributed by atoms with Crippen molar-refractivity contribution in [3.63, 3.8) is 0 Å². The van der Waals surface area contributed by atoms with Gasteiger partial charge < -0.3 is 15.2 Å². The van der Waals surface area contributed by atoms with Crippen molar-refractivity contribution in [2.24, 2.45) is 5.92 Å². The van der Waals surface area contributed by atoms with Gasteiger partial charge in [-0.25, -0.2) is 0 Å². The van der Waals surface area contributed by atoms with Crippen LogP contribution in [0.1, 0.15) is 99.4 Å². The number of alkyl halides is 3. The molecule has 3 atom stereocenters. The second-order valence-electron chi connectivity index (χ2n) is 11.9. The van der Waals surface area contributed by atoms with Gasteiger partial charge in [0.1, 0.15) is 11.5 Å². The smallest absolute Gasteiger partial charge is 0.398 e. The fraction of sp³-hybridized carbons (Fsp3) is 0.471. The fourth-order valence-electron chi connectivity index (χ4n) is 5.18. The molecule has 228 valence electrons. The lowest BCUT2D eigenvalue weighted by Gasteiger charge is -2.42. The molecule has 2 N–H and O–H groups in total. The monoisotopic (exact) mass is 585 g/mol. The molecule has 0 saturated carbocycles. The van der Waals surface area contributed by atoms with E-state index in [1.54, 1.807) is 42.5 Å². The maximum atomic E-state index is 14.6. The summed E-state index contributed by atoms with van der Waals surface area (Å²) in [5.74, 6) is -3.33. The summed E-state index contributed by atoms with van der Waals surface area (Å²) in [5, 5.41) is 11.4. The van der Waals surface area contributed by atoms with Gasteiger partial charge in [-0.05, 0) is 46.7 Å².